The minimum absolute atomic E-state index is 0.867. The predicted octanol–water partition coefficient (Wildman–Crippen LogP) is 2.99. The van der Waals surface area contributed by atoms with Gasteiger partial charge in [-0.3, -0.25) is 0 Å². The highest BCUT2D eigenvalue weighted by molar-refractivity contribution is 5.17. The van der Waals surface area contributed by atoms with Gasteiger partial charge < -0.3 is 14.8 Å². The number of piperidine rings is 1. The van der Waals surface area contributed by atoms with Crippen LogP contribution in [-0.4, -0.2) is 26.8 Å². The fraction of sp³-hybridized carbons (Fsp3) is 0.733. The van der Waals surface area contributed by atoms with E-state index in [1.54, 1.807) is 7.11 Å². The molecule has 18 heavy (non-hydrogen) atoms. The van der Waals surface area contributed by atoms with E-state index >= 15 is 0 Å². The van der Waals surface area contributed by atoms with Crippen molar-refractivity contribution < 1.29 is 9.47 Å². The van der Waals surface area contributed by atoms with Gasteiger partial charge in [-0.2, -0.15) is 0 Å². The molecule has 0 saturated carbocycles. The Hall–Kier alpha value is -0.960. The highest BCUT2D eigenvalue weighted by Crippen LogP contribution is 2.21. The molecule has 0 spiro atoms. The van der Waals surface area contributed by atoms with E-state index in [0.29, 0.717) is 0 Å². The van der Waals surface area contributed by atoms with Crippen LogP contribution in [0.4, 0.5) is 0 Å². The Balaban J connectivity index is 1.58. The number of rotatable bonds is 6. The number of methoxy groups -OCH3 is 1. The second-order valence-electron chi connectivity index (χ2n) is 5.15. The fourth-order valence-electron chi connectivity index (χ4n) is 2.64. The van der Waals surface area contributed by atoms with Gasteiger partial charge in [-0.25, -0.2) is 0 Å². The molecular weight excluding hydrogens is 226 g/mol. The van der Waals surface area contributed by atoms with Gasteiger partial charge in [0.2, 0.25) is 0 Å². The topological polar surface area (TPSA) is 30.5 Å². The first-order chi connectivity index (χ1) is 8.88. The first kappa shape index (κ1) is 13.5. The van der Waals surface area contributed by atoms with E-state index in [9.17, 15) is 0 Å². The molecule has 1 heterocycles. The Morgan fingerprint density at radius 2 is 1.89 bits per heavy atom. The maximum absolute atomic E-state index is 5.81. The lowest BCUT2D eigenvalue weighted by Crippen LogP contribution is -2.27. The van der Waals surface area contributed by atoms with Crippen LogP contribution in [0.2, 0.25) is 0 Å². The van der Waals surface area contributed by atoms with Crippen molar-refractivity contribution in [1.82, 2.24) is 5.32 Å². The van der Waals surface area contributed by atoms with Gasteiger partial charge in [0, 0.05) is 12.8 Å². The van der Waals surface area contributed by atoms with Crippen molar-refractivity contribution in [2.45, 2.75) is 38.5 Å². The molecule has 1 fully saturated rings. The lowest BCUT2D eigenvalue weighted by atomic mass is 9.93. The molecule has 3 nitrogen and oxygen atoms in total. The number of hydrogen-bond acceptors (Lipinski definition) is 3. The summed E-state index contributed by atoms with van der Waals surface area (Å²) in [5.74, 6) is 3.08. The van der Waals surface area contributed by atoms with E-state index in [-0.39, 0.29) is 0 Å². The molecule has 0 bridgehead atoms. The van der Waals surface area contributed by atoms with Gasteiger partial charge in [0.05, 0.1) is 25.2 Å². The quantitative estimate of drug-likeness (QED) is 0.736. The van der Waals surface area contributed by atoms with Crippen molar-refractivity contribution in [2.24, 2.45) is 5.92 Å². The average Bonchev–Trinajstić information content (AvgIpc) is 2.45. The molecule has 0 radical (unpaired) electrons. The van der Waals surface area contributed by atoms with Gasteiger partial charge in [0.25, 0.3) is 0 Å². The molecular formula is C15H25NO2. The summed E-state index contributed by atoms with van der Waals surface area (Å²) in [5, 5.41) is 3.41. The summed E-state index contributed by atoms with van der Waals surface area (Å²) in [6, 6.07) is 0. The molecule has 1 saturated heterocycles. The third-order valence-corrected chi connectivity index (χ3v) is 3.84. The average molecular weight is 251 g/mol. The summed E-state index contributed by atoms with van der Waals surface area (Å²) in [6.07, 6.45) is 11.2. The van der Waals surface area contributed by atoms with E-state index in [1.807, 2.05) is 12.2 Å². The van der Waals surface area contributed by atoms with Crippen LogP contribution in [0.25, 0.3) is 0 Å². The Bertz CT molecular complexity index is 304. The zero-order chi connectivity index (χ0) is 12.6. The van der Waals surface area contributed by atoms with E-state index in [1.165, 1.54) is 38.8 Å². The summed E-state index contributed by atoms with van der Waals surface area (Å²) in [4.78, 5) is 0. The highest BCUT2D eigenvalue weighted by Gasteiger charge is 2.12. The molecule has 0 amide bonds. The lowest BCUT2D eigenvalue weighted by molar-refractivity contribution is 0.179. The van der Waals surface area contributed by atoms with Crippen LogP contribution in [-0.2, 0) is 9.47 Å². The SMILES string of the molecule is COC1=CC=C(OCCCC2CCNCC2)CC1. The fourth-order valence-corrected chi connectivity index (χ4v) is 2.64. The molecule has 0 atom stereocenters. The molecule has 2 aliphatic rings. The summed E-state index contributed by atoms with van der Waals surface area (Å²) in [7, 11) is 1.73. The van der Waals surface area contributed by atoms with Gasteiger partial charge in [0.1, 0.15) is 0 Å². The van der Waals surface area contributed by atoms with Crippen LogP contribution in [0.1, 0.15) is 38.5 Å². The molecule has 1 aliphatic carbocycles. The van der Waals surface area contributed by atoms with Crippen molar-refractivity contribution in [3.8, 4) is 0 Å². The molecule has 102 valence electrons. The first-order valence-corrected chi connectivity index (χ1v) is 7.15. The second kappa shape index (κ2) is 7.47. The molecule has 0 aromatic rings. The molecule has 3 heteroatoms. The Kier molecular flexibility index (Phi) is 5.59. The van der Waals surface area contributed by atoms with Crippen LogP contribution < -0.4 is 5.32 Å². The summed E-state index contributed by atoms with van der Waals surface area (Å²) in [5.41, 5.74) is 0. The standard InChI is InChI=1S/C15H25NO2/c1-17-14-4-6-15(7-5-14)18-12-2-3-13-8-10-16-11-9-13/h4,6,13,16H,2-3,5,7-12H2,1H3. The van der Waals surface area contributed by atoms with Crippen LogP contribution >= 0.6 is 0 Å². The number of allylic oxidation sites excluding steroid dienone is 4. The molecule has 1 aliphatic heterocycles. The largest absolute Gasteiger partial charge is 0.501 e. The van der Waals surface area contributed by atoms with Crippen molar-refractivity contribution in [3.05, 3.63) is 23.7 Å². The summed E-state index contributed by atoms with van der Waals surface area (Å²) < 4.78 is 11.0. The zero-order valence-electron chi connectivity index (χ0n) is 11.4. The maximum Gasteiger partial charge on any atom is 0.0965 e. The summed E-state index contributed by atoms with van der Waals surface area (Å²) >= 11 is 0. The molecule has 2 rings (SSSR count). The maximum atomic E-state index is 5.81. The number of ether oxygens (including phenoxy) is 2. The normalized spacial score (nSPS) is 21.2. The van der Waals surface area contributed by atoms with Crippen molar-refractivity contribution >= 4 is 0 Å². The molecule has 0 aromatic carbocycles. The Labute approximate surface area is 110 Å². The molecule has 0 aromatic heterocycles. The molecule has 0 unspecified atom stereocenters. The van der Waals surface area contributed by atoms with Crippen molar-refractivity contribution in [3.63, 3.8) is 0 Å². The van der Waals surface area contributed by atoms with Crippen molar-refractivity contribution in [1.29, 1.82) is 0 Å². The van der Waals surface area contributed by atoms with E-state index < -0.39 is 0 Å². The number of nitrogens with one attached hydrogen (secondary N) is 1. The van der Waals surface area contributed by atoms with E-state index in [4.69, 9.17) is 9.47 Å². The van der Waals surface area contributed by atoms with Crippen LogP contribution in [0.3, 0.4) is 0 Å². The monoisotopic (exact) mass is 251 g/mol. The van der Waals surface area contributed by atoms with Gasteiger partial charge >= 0.3 is 0 Å². The van der Waals surface area contributed by atoms with Gasteiger partial charge in [-0.1, -0.05) is 0 Å². The number of hydrogen-bond donors (Lipinski definition) is 1. The van der Waals surface area contributed by atoms with E-state index in [2.05, 4.69) is 5.32 Å². The third kappa shape index (κ3) is 4.37. The Morgan fingerprint density at radius 3 is 2.56 bits per heavy atom. The van der Waals surface area contributed by atoms with Crippen LogP contribution in [0.15, 0.2) is 23.7 Å². The zero-order valence-corrected chi connectivity index (χ0v) is 11.4. The Morgan fingerprint density at radius 1 is 1.17 bits per heavy atom. The van der Waals surface area contributed by atoms with E-state index in [0.717, 1.165) is 36.9 Å². The summed E-state index contributed by atoms with van der Waals surface area (Å²) in [6.45, 7) is 3.26. The van der Waals surface area contributed by atoms with Crippen LogP contribution in [0.5, 0.6) is 0 Å². The van der Waals surface area contributed by atoms with Gasteiger partial charge in [-0.05, 0) is 56.8 Å². The van der Waals surface area contributed by atoms with Crippen molar-refractivity contribution in [2.75, 3.05) is 26.8 Å². The van der Waals surface area contributed by atoms with Gasteiger partial charge in [-0.15, -0.1) is 0 Å². The third-order valence-electron chi connectivity index (χ3n) is 3.84. The first-order valence-electron chi connectivity index (χ1n) is 7.15. The smallest absolute Gasteiger partial charge is 0.0965 e. The predicted molar refractivity (Wildman–Crippen MR) is 73.2 cm³/mol. The van der Waals surface area contributed by atoms with Crippen LogP contribution in [0, 0.1) is 5.92 Å². The second-order valence-corrected chi connectivity index (χ2v) is 5.15. The minimum atomic E-state index is 0.867. The minimum Gasteiger partial charge on any atom is -0.501 e. The molecule has 1 N–H and O–H groups in total. The highest BCUT2D eigenvalue weighted by atomic mass is 16.5. The lowest BCUT2D eigenvalue weighted by Gasteiger charge is -2.22. The van der Waals surface area contributed by atoms with Gasteiger partial charge in [0.15, 0.2) is 0 Å².